The highest BCUT2D eigenvalue weighted by Crippen LogP contribution is 2.23. The molecule has 0 aliphatic carbocycles. The summed E-state index contributed by atoms with van der Waals surface area (Å²) in [6.07, 6.45) is 6.14. The molecule has 0 aromatic carbocycles. The SMILES string of the molecule is CC(C)=CC1([SiH3])CCCCO1. The van der Waals surface area contributed by atoms with Crippen molar-refractivity contribution in [2.24, 2.45) is 0 Å². The highest BCUT2D eigenvalue weighted by atomic mass is 28.1. The van der Waals surface area contributed by atoms with Crippen molar-refractivity contribution in [3.05, 3.63) is 11.6 Å². The van der Waals surface area contributed by atoms with Gasteiger partial charge in [0.2, 0.25) is 0 Å². The van der Waals surface area contributed by atoms with Crippen LogP contribution < -0.4 is 0 Å². The van der Waals surface area contributed by atoms with E-state index < -0.39 is 0 Å². The summed E-state index contributed by atoms with van der Waals surface area (Å²) in [7, 11) is 1.13. The molecule has 1 rings (SSSR count). The van der Waals surface area contributed by atoms with Crippen molar-refractivity contribution in [2.45, 2.75) is 38.3 Å². The van der Waals surface area contributed by atoms with Crippen molar-refractivity contribution in [3.8, 4) is 0 Å². The van der Waals surface area contributed by atoms with Crippen LogP contribution in [-0.2, 0) is 4.74 Å². The van der Waals surface area contributed by atoms with E-state index in [9.17, 15) is 0 Å². The lowest BCUT2D eigenvalue weighted by Gasteiger charge is -2.31. The molecule has 1 saturated heterocycles. The molecule has 0 saturated carbocycles. The minimum absolute atomic E-state index is 0.178. The highest BCUT2D eigenvalue weighted by molar-refractivity contribution is 6.16. The lowest BCUT2D eigenvalue weighted by Crippen LogP contribution is -2.34. The molecule has 0 N–H and O–H groups in total. The third-order valence-electron chi connectivity index (χ3n) is 2.09. The Morgan fingerprint density at radius 2 is 2.18 bits per heavy atom. The van der Waals surface area contributed by atoms with Crippen molar-refractivity contribution in [3.63, 3.8) is 0 Å². The van der Waals surface area contributed by atoms with E-state index in [1.807, 2.05) is 0 Å². The van der Waals surface area contributed by atoms with E-state index in [-0.39, 0.29) is 5.22 Å². The minimum atomic E-state index is 0.178. The Balaban J connectivity index is 2.57. The summed E-state index contributed by atoms with van der Waals surface area (Å²) in [5.74, 6) is 0. The Morgan fingerprint density at radius 1 is 1.45 bits per heavy atom. The summed E-state index contributed by atoms with van der Waals surface area (Å²) in [5, 5.41) is 0.178. The van der Waals surface area contributed by atoms with Crippen LogP contribution in [0.4, 0.5) is 0 Å². The van der Waals surface area contributed by atoms with E-state index in [1.54, 1.807) is 0 Å². The predicted molar refractivity (Wildman–Crippen MR) is 51.9 cm³/mol. The molecule has 1 nitrogen and oxygen atoms in total. The molecule has 1 heterocycles. The zero-order chi connectivity index (χ0) is 8.32. The summed E-state index contributed by atoms with van der Waals surface area (Å²) >= 11 is 0. The second-order valence-electron chi connectivity index (χ2n) is 3.84. The van der Waals surface area contributed by atoms with E-state index in [4.69, 9.17) is 4.74 Å². The Kier molecular flexibility index (Phi) is 2.90. The van der Waals surface area contributed by atoms with Gasteiger partial charge < -0.3 is 4.74 Å². The summed E-state index contributed by atoms with van der Waals surface area (Å²) in [4.78, 5) is 0. The lowest BCUT2D eigenvalue weighted by molar-refractivity contribution is 0.0149. The van der Waals surface area contributed by atoms with E-state index >= 15 is 0 Å². The third kappa shape index (κ3) is 2.79. The molecule has 2 heteroatoms. The van der Waals surface area contributed by atoms with E-state index in [2.05, 4.69) is 19.9 Å². The molecule has 0 aromatic rings. The monoisotopic (exact) mass is 170 g/mol. The van der Waals surface area contributed by atoms with Crippen LogP contribution in [0.1, 0.15) is 33.1 Å². The lowest BCUT2D eigenvalue weighted by atomic mass is 10.1. The first kappa shape index (κ1) is 9.01. The van der Waals surface area contributed by atoms with Crippen LogP contribution in [0.3, 0.4) is 0 Å². The van der Waals surface area contributed by atoms with Gasteiger partial charge in [-0.2, -0.15) is 0 Å². The van der Waals surface area contributed by atoms with Crippen LogP contribution in [0.5, 0.6) is 0 Å². The molecule has 0 amide bonds. The zero-order valence-corrected chi connectivity index (χ0v) is 9.81. The second-order valence-corrected chi connectivity index (χ2v) is 5.53. The third-order valence-corrected chi connectivity index (χ3v) is 3.17. The average molecular weight is 170 g/mol. The molecular formula is C9H18OSi. The van der Waals surface area contributed by atoms with Crippen molar-refractivity contribution in [1.29, 1.82) is 0 Å². The smallest absolute Gasteiger partial charge is 0.0658 e. The highest BCUT2D eigenvalue weighted by Gasteiger charge is 2.24. The van der Waals surface area contributed by atoms with Crippen LogP contribution in [-0.4, -0.2) is 22.1 Å². The van der Waals surface area contributed by atoms with Crippen LogP contribution in [0.15, 0.2) is 11.6 Å². The molecule has 11 heavy (non-hydrogen) atoms. The van der Waals surface area contributed by atoms with Gasteiger partial charge in [0.25, 0.3) is 0 Å². The summed E-state index contributed by atoms with van der Waals surface area (Å²) in [6.45, 7) is 5.27. The van der Waals surface area contributed by atoms with Crippen LogP contribution in [0.2, 0.25) is 0 Å². The maximum atomic E-state index is 5.76. The van der Waals surface area contributed by atoms with Gasteiger partial charge in [0.15, 0.2) is 0 Å². The Labute approximate surface area is 72.2 Å². The van der Waals surface area contributed by atoms with Gasteiger partial charge in [-0.3, -0.25) is 0 Å². The van der Waals surface area contributed by atoms with Gasteiger partial charge in [-0.25, -0.2) is 0 Å². The average Bonchev–Trinajstić information content (AvgIpc) is 1.85. The Bertz CT molecular complexity index is 153. The first-order chi connectivity index (χ1) is 5.12. The molecule has 1 atom stereocenters. The maximum absolute atomic E-state index is 5.76. The zero-order valence-electron chi connectivity index (χ0n) is 7.81. The molecule has 1 fully saturated rings. The normalized spacial score (nSPS) is 31.8. The summed E-state index contributed by atoms with van der Waals surface area (Å²) < 4.78 is 5.76. The molecule has 0 spiro atoms. The van der Waals surface area contributed by atoms with Crippen molar-refractivity contribution in [2.75, 3.05) is 6.61 Å². The van der Waals surface area contributed by atoms with Gasteiger partial charge in [0.05, 0.1) is 5.22 Å². The Hall–Kier alpha value is -0.0831. The standard InChI is InChI=1S/C9H18OSi/c1-8(2)7-9(11)5-3-4-6-10-9/h7H,3-6H2,1-2,11H3. The molecule has 1 aliphatic rings. The van der Waals surface area contributed by atoms with Gasteiger partial charge in [-0.1, -0.05) is 11.6 Å². The first-order valence-corrected chi connectivity index (χ1v) is 5.42. The van der Waals surface area contributed by atoms with Crippen LogP contribution in [0.25, 0.3) is 0 Å². The van der Waals surface area contributed by atoms with Crippen molar-refractivity contribution in [1.82, 2.24) is 0 Å². The number of hydrogen-bond donors (Lipinski definition) is 0. The van der Waals surface area contributed by atoms with E-state index in [1.165, 1.54) is 24.8 Å². The molecule has 0 bridgehead atoms. The molecule has 1 unspecified atom stereocenters. The predicted octanol–water partition coefficient (Wildman–Crippen LogP) is 1.21. The van der Waals surface area contributed by atoms with E-state index in [0.29, 0.717) is 0 Å². The molecule has 0 radical (unpaired) electrons. The van der Waals surface area contributed by atoms with Crippen LogP contribution in [0, 0.1) is 0 Å². The maximum Gasteiger partial charge on any atom is 0.0658 e. The van der Waals surface area contributed by atoms with Crippen molar-refractivity contribution >= 4 is 10.2 Å². The second kappa shape index (κ2) is 3.54. The first-order valence-electron chi connectivity index (χ1n) is 4.42. The molecule has 0 aromatic heterocycles. The minimum Gasteiger partial charge on any atom is -0.376 e. The van der Waals surface area contributed by atoms with E-state index in [0.717, 1.165) is 16.8 Å². The fourth-order valence-corrected chi connectivity index (χ4v) is 2.82. The summed E-state index contributed by atoms with van der Waals surface area (Å²) in [6, 6.07) is 0. The quantitative estimate of drug-likeness (QED) is 0.425. The largest absolute Gasteiger partial charge is 0.376 e. The molecular weight excluding hydrogens is 152 g/mol. The topological polar surface area (TPSA) is 9.23 Å². The number of hydrogen-bond acceptors (Lipinski definition) is 1. The number of allylic oxidation sites excluding steroid dienone is 1. The van der Waals surface area contributed by atoms with Gasteiger partial charge in [0, 0.05) is 16.8 Å². The molecule has 1 aliphatic heterocycles. The summed E-state index contributed by atoms with van der Waals surface area (Å²) in [5.41, 5.74) is 1.39. The fraction of sp³-hybridized carbons (Fsp3) is 0.778. The van der Waals surface area contributed by atoms with Crippen LogP contribution >= 0.6 is 0 Å². The number of rotatable bonds is 1. The molecule has 64 valence electrons. The number of ether oxygens (including phenoxy) is 1. The Morgan fingerprint density at radius 3 is 2.64 bits per heavy atom. The van der Waals surface area contributed by atoms with Gasteiger partial charge in [-0.15, -0.1) is 0 Å². The van der Waals surface area contributed by atoms with Gasteiger partial charge in [-0.05, 0) is 33.1 Å². The van der Waals surface area contributed by atoms with Gasteiger partial charge >= 0.3 is 0 Å². The fourth-order valence-electron chi connectivity index (χ4n) is 1.68. The van der Waals surface area contributed by atoms with Gasteiger partial charge in [0.1, 0.15) is 0 Å². The van der Waals surface area contributed by atoms with Crippen molar-refractivity contribution < 1.29 is 4.74 Å².